The number of carbonyl (C=O) groups excluding carboxylic acids is 1. The summed E-state index contributed by atoms with van der Waals surface area (Å²) >= 11 is 0. The van der Waals surface area contributed by atoms with Crippen molar-refractivity contribution in [2.75, 3.05) is 11.9 Å². The first kappa shape index (κ1) is 18.2. The van der Waals surface area contributed by atoms with Gasteiger partial charge in [0.1, 0.15) is 11.9 Å². The van der Waals surface area contributed by atoms with E-state index in [1.807, 2.05) is 24.3 Å². The number of aromatic nitrogens is 2. The minimum Gasteiger partial charge on any atom is -0.337 e. The molecule has 1 aromatic heterocycles. The highest BCUT2D eigenvalue weighted by molar-refractivity contribution is 5.89. The third-order valence-corrected chi connectivity index (χ3v) is 4.93. The summed E-state index contributed by atoms with van der Waals surface area (Å²) in [6.45, 7) is 2.70. The molecule has 6 nitrogen and oxygen atoms in total. The molecular formula is C21H21FN4O2. The number of aryl methyl sites for hydroxylation is 1. The highest BCUT2D eigenvalue weighted by atomic mass is 19.1. The molecule has 0 aliphatic carbocycles. The van der Waals surface area contributed by atoms with Crippen LogP contribution >= 0.6 is 0 Å². The number of hydrogen-bond donors (Lipinski definition) is 1. The standard InChI is InChI=1S/C21H21FN4O2/c1-2-14-5-3-6-17(13-14)23-21(27)26-12-4-7-18(26)20-24-19(25-28-20)15-8-10-16(22)11-9-15/h3,5-6,8-11,13,18H,2,4,7,12H2,1H3,(H,23,27). The van der Waals surface area contributed by atoms with Gasteiger partial charge in [-0.15, -0.1) is 0 Å². The molecule has 4 rings (SSSR count). The van der Waals surface area contributed by atoms with Crippen LogP contribution < -0.4 is 5.32 Å². The predicted molar refractivity (Wildman–Crippen MR) is 103 cm³/mol. The van der Waals surface area contributed by atoms with Gasteiger partial charge < -0.3 is 14.7 Å². The van der Waals surface area contributed by atoms with Gasteiger partial charge >= 0.3 is 6.03 Å². The number of benzene rings is 2. The highest BCUT2D eigenvalue weighted by Gasteiger charge is 2.34. The number of nitrogens with one attached hydrogen (secondary N) is 1. The third-order valence-electron chi connectivity index (χ3n) is 4.93. The third kappa shape index (κ3) is 3.74. The Hall–Kier alpha value is -3.22. The van der Waals surface area contributed by atoms with Crippen LogP contribution in [0.5, 0.6) is 0 Å². The molecule has 1 aliphatic heterocycles. The van der Waals surface area contributed by atoms with Gasteiger partial charge in [-0.25, -0.2) is 9.18 Å². The molecule has 1 atom stereocenters. The Labute approximate surface area is 162 Å². The highest BCUT2D eigenvalue weighted by Crippen LogP contribution is 2.32. The average molecular weight is 380 g/mol. The van der Waals surface area contributed by atoms with Crippen molar-refractivity contribution in [3.63, 3.8) is 0 Å². The molecule has 1 unspecified atom stereocenters. The topological polar surface area (TPSA) is 71.3 Å². The van der Waals surface area contributed by atoms with Gasteiger partial charge in [-0.05, 0) is 61.2 Å². The van der Waals surface area contributed by atoms with Crippen LogP contribution in [0.4, 0.5) is 14.9 Å². The summed E-state index contributed by atoms with van der Waals surface area (Å²) in [6, 6.07) is 13.3. The summed E-state index contributed by atoms with van der Waals surface area (Å²) in [7, 11) is 0. The normalized spacial score (nSPS) is 16.4. The Balaban J connectivity index is 1.50. The van der Waals surface area contributed by atoms with Crippen LogP contribution in [-0.4, -0.2) is 27.6 Å². The zero-order valence-corrected chi connectivity index (χ0v) is 15.6. The molecule has 0 saturated carbocycles. The molecule has 1 aliphatic rings. The van der Waals surface area contributed by atoms with Gasteiger partial charge in [-0.2, -0.15) is 4.98 Å². The number of amides is 2. The van der Waals surface area contributed by atoms with E-state index in [2.05, 4.69) is 22.4 Å². The molecule has 7 heteroatoms. The van der Waals surface area contributed by atoms with Gasteiger partial charge in [0.2, 0.25) is 11.7 Å². The number of anilines is 1. The van der Waals surface area contributed by atoms with Crippen LogP contribution in [0.25, 0.3) is 11.4 Å². The molecule has 1 saturated heterocycles. The van der Waals surface area contributed by atoms with Crippen LogP contribution in [0, 0.1) is 5.82 Å². The summed E-state index contributed by atoms with van der Waals surface area (Å²) in [5.41, 5.74) is 2.60. The van der Waals surface area contributed by atoms with Gasteiger partial charge in [0, 0.05) is 17.8 Å². The second-order valence-electron chi connectivity index (χ2n) is 6.80. The van der Waals surface area contributed by atoms with Crippen LogP contribution in [0.3, 0.4) is 0 Å². The molecule has 144 valence electrons. The molecule has 2 amide bonds. The fourth-order valence-electron chi connectivity index (χ4n) is 3.42. The number of urea groups is 1. The first-order chi connectivity index (χ1) is 13.6. The summed E-state index contributed by atoms with van der Waals surface area (Å²) in [5, 5.41) is 6.95. The number of nitrogens with zero attached hydrogens (tertiary/aromatic N) is 3. The van der Waals surface area contributed by atoms with Crippen LogP contribution in [-0.2, 0) is 6.42 Å². The summed E-state index contributed by atoms with van der Waals surface area (Å²) < 4.78 is 18.5. The van der Waals surface area contributed by atoms with Crippen molar-refractivity contribution in [2.45, 2.75) is 32.2 Å². The molecule has 2 heterocycles. The van der Waals surface area contributed by atoms with Crippen molar-refractivity contribution in [3.8, 4) is 11.4 Å². The molecular weight excluding hydrogens is 359 g/mol. The Bertz CT molecular complexity index is 971. The Kier molecular flexibility index (Phi) is 5.06. The van der Waals surface area contributed by atoms with Crippen LogP contribution in [0.1, 0.15) is 37.3 Å². The Morgan fingerprint density at radius 2 is 2.11 bits per heavy atom. The largest absolute Gasteiger partial charge is 0.337 e. The number of rotatable bonds is 4. The lowest BCUT2D eigenvalue weighted by Crippen LogP contribution is -2.34. The fourth-order valence-corrected chi connectivity index (χ4v) is 3.42. The van der Waals surface area contributed by atoms with Crippen molar-refractivity contribution >= 4 is 11.7 Å². The van der Waals surface area contributed by atoms with Gasteiger partial charge in [0.05, 0.1) is 0 Å². The zero-order valence-electron chi connectivity index (χ0n) is 15.6. The summed E-state index contributed by atoms with van der Waals surface area (Å²) in [6.07, 6.45) is 2.53. The number of hydrogen-bond acceptors (Lipinski definition) is 4. The number of likely N-dealkylation sites (tertiary alicyclic amines) is 1. The van der Waals surface area contributed by atoms with Crippen molar-refractivity contribution in [2.24, 2.45) is 0 Å². The molecule has 28 heavy (non-hydrogen) atoms. The average Bonchev–Trinajstić information content (AvgIpc) is 3.38. The van der Waals surface area contributed by atoms with E-state index in [9.17, 15) is 9.18 Å². The van der Waals surface area contributed by atoms with Crippen molar-refractivity contribution in [1.29, 1.82) is 0 Å². The first-order valence-electron chi connectivity index (χ1n) is 9.40. The smallest absolute Gasteiger partial charge is 0.322 e. The summed E-state index contributed by atoms with van der Waals surface area (Å²) in [5.74, 6) is 0.463. The van der Waals surface area contributed by atoms with Gasteiger partial charge in [0.25, 0.3) is 0 Å². The van der Waals surface area contributed by atoms with Gasteiger partial charge in [-0.1, -0.05) is 24.2 Å². The van der Waals surface area contributed by atoms with E-state index >= 15 is 0 Å². The Morgan fingerprint density at radius 3 is 2.89 bits per heavy atom. The maximum Gasteiger partial charge on any atom is 0.322 e. The quantitative estimate of drug-likeness (QED) is 0.705. The Morgan fingerprint density at radius 1 is 1.29 bits per heavy atom. The van der Waals surface area contributed by atoms with Crippen molar-refractivity contribution in [3.05, 3.63) is 65.8 Å². The molecule has 0 bridgehead atoms. The molecule has 1 fully saturated rings. The van der Waals surface area contributed by atoms with E-state index in [1.165, 1.54) is 12.1 Å². The zero-order chi connectivity index (χ0) is 19.5. The lowest BCUT2D eigenvalue weighted by atomic mass is 10.1. The lowest BCUT2D eigenvalue weighted by Gasteiger charge is -2.22. The fraction of sp³-hybridized carbons (Fsp3) is 0.286. The van der Waals surface area contributed by atoms with Crippen LogP contribution in [0.2, 0.25) is 0 Å². The number of carbonyl (C=O) groups is 1. The van der Waals surface area contributed by atoms with E-state index < -0.39 is 0 Å². The van der Waals surface area contributed by atoms with E-state index in [0.29, 0.717) is 23.8 Å². The molecule has 1 N–H and O–H groups in total. The maximum absolute atomic E-state index is 13.1. The minimum atomic E-state index is -0.321. The van der Waals surface area contributed by atoms with Crippen LogP contribution in [0.15, 0.2) is 53.1 Å². The lowest BCUT2D eigenvalue weighted by molar-refractivity contribution is 0.193. The molecule has 2 aromatic carbocycles. The SMILES string of the molecule is CCc1cccc(NC(=O)N2CCCC2c2nc(-c3ccc(F)cc3)no2)c1. The van der Waals surface area contributed by atoms with E-state index in [4.69, 9.17) is 4.52 Å². The second-order valence-corrected chi connectivity index (χ2v) is 6.80. The predicted octanol–water partition coefficient (Wildman–Crippen LogP) is 4.81. The maximum atomic E-state index is 13.1. The summed E-state index contributed by atoms with van der Waals surface area (Å²) in [4.78, 5) is 19.0. The monoisotopic (exact) mass is 380 g/mol. The van der Waals surface area contributed by atoms with E-state index in [-0.39, 0.29) is 17.9 Å². The molecule has 3 aromatic rings. The van der Waals surface area contributed by atoms with Gasteiger partial charge in [0.15, 0.2) is 0 Å². The van der Waals surface area contributed by atoms with Crippen molar-refractivity contribution < 1.29 is 13.7 Å². The van der Waals surface area contributed by atoms with Crippen molar-refractivity contribution in [1.82, 2.24) is 15.0 Å². The van der Waals surface area contributed by atoms with E-state index in [0.717, 1.165) is 30.5 Å². The van der Waals surface area contributed by atoms with E-state index in [1.54, 1.807) is 17.0 Å². The number of halogens is 1. The van der Waals surface area contributed by atoms with Gasteiger partial charge in [-0.3, -0.25) is 0 Å². The second kappa shape index (κ2) is 7.80. The molecule has 0 spiro atoms. The first-order valence-corrected chi connectivity index (χ1v) is 9.40. The molecule has 0 radical (unpaired) electrons. The minimum absolute atomic E-state index is 0.183.